The van der Waals surface area contributed by atoms with Gasteiger partial charge >= 0.3 is 0 Å². The first kappa shape index (κ1) is 26.1. The summed E-state index contributed by atoms with van der Waals surface area (Å²) in [6.07, 6.45) is 6.02. The van der Waals surface area contributed by atoms with E-state index in [4.69, 9.17) is 0 Å². The van der Waals surface area contributed by atoms with Crippen molar-refractivity contribution in [3.05, 3.63) is 155 Å². The molecule has 7 heteroatoms. The molecule has 0 aromatic heterocycles. The van der Waals surface area contributed by atoms with E-state index in [2.05, 4.69) is 0 Å². The monoisotopic (exact) mass is 522 g/mol. The van der Waals surface area contributed by atoms with Gasteiger partial charge in [0.1, 0.15) is 33.8 Å². The average Bonchev–Trinajstić information content (AvgIpc) is 2.88. The maximum atomic E-state index is 14.1. The lowest BCUT2D eigenvalue weighted by Gasteiger charge is -2.22. The lowest BCUT2D eigenvalue weighted by atomic mass is 10.1. The van der Waals surface area contributed by atoms with Gasteiger partial charge in [0.05, 0.1) is 0 Å². The van der Waals surface area contributed by atoms with Crippen LogP contribution in [0.15, 0.2) is 109 Å². The Hall–Kier alpha value is -3.97. The molecule has 2 unspecified atom stereocenters. The van der Waals surface area contributed by atoms with Crippen molar-refractivity contribution >= 4 is 22.0 Å². The first-order valence-electron chi connectivity index (χ1n) is 11.3. The fourth-order valence-corrected chi connectivity index (χ4v) is 5.81. The summed E-state index contributed by atoms with van der Waals surface area (Å²) in [5.41, 5.74) is 1.79. The molecule has 0 amide bonds. The Kier molecular flexibility index (Phi) is 8.04. The van der Waals surface area contributed by atoms with Crippen LogP contribution >= 0.6 is 0 Å². The minimum absolute atomic E-state index is 0.321. The van der Waals surface area contributed by atoms with Crippen LogP contribution in [0.25, 0.3) is 12.2 Å². The van der Waals surface area contributed by atoms with Crippen LogP contribution in [-0.4, -0.2) is 8.42 Å². The molecule has 0 N–H and O–H groups in total. The summed E-state index contributed by atoms with van der Waals surface area (Å²) in [6, 6.07) is 21.3. The van der Waals surface area contributed by atoms with Gasteiger partial charge in [-0.05, 0) is 70.8 Å². The van der Waals surface area contributed by atoms with Gasteiger partial charge in [-0.15, -0.1) is 0 Å². The van der Waals surface area contributed by atoms with E-state index in [-0.39, 0.29) is 0 Å². The highest BCUT2D eigenvalue weighted by atomic mass is 32.2. The van der Waals surface area contributed by atoms with Crippen molar-refractivity contribution < 1.29 is 26.0 Å². The highest BCUT2D eigenvalue weighted by Crippen LogP contribution is 2.37. The van der Waals surface area contributed by atoms with Crippen molar-refractivity contribution in [3.63, 3.8) is 0 Å². The normalized spacial score (nSPS) is 13.7. The van der Waals surface area contributed by atoms with Crippen molar-refractivity contribution in [3.8, 4) is 0 Å². The number of rotatable bonds is 8. The molecule has 0 saturated heterocycles. The van der Waals surface area contributed by atoms with Crippen molar-refractivity contribution in [2.45, 2.75) is 10.5 Å². The molecule has 0 bridgehead atoms. The zero-order valence-corrected chi connectivity index (χ0v) is 20.3. The first-order valence-corrected chi connectivity index (χ1v) is 12.9. The molecule has 37 heavy (non-hydrogen) atoms. The molecular formula is C30H22F4O2S. The van der Waals surface area contributed by atoms with Crippen molar-refractivity contribution in [1.29, 1.82) is 0 Å². The van der Waals surface area contributed by atoms with Crippen molar-refractivity contribution in [2.75, 3.05) is 0 Å². The molecule has 0 aliphatic heterocycles. The minimum Gasteiger partial charge on any atom is -0.227 e. The van der Waals surface area contributed by atoms with Gasteiger partial charge in [0, 0.05) is 0 Å². The summed E-state index contributed by atoms with van der Waals surface area (Å²) in [6.45, 7) is 0. The Bertz CT molecular complexity index is 1380. The molecule has 0 heterocycles. The van der Waals surface area contributed by atoms with E-state index in [1.54, 1.807) is 12.2 Å². The molecule has 2 atom stereocenters. The summed E-state index contributed by atoms with van der Waals surface area (Å²) in [4.78, 5) is 0. The van der Waals surface area contributed by atoms with E-state index >= 15 is 0 Å². The summed E-state index contributed by atoms with van der Waals surface area (Å²) >= 11 is 0. The van der Waals surface area contributed by atoms with Crippen molar-refractivity contribution in [1.82, 2.24) is 0 Å². The highest BCUT2D eigenvalue weighted by molar-refractivity contribution is 7.92. The van der Waals surface area contributed by atoms with Gasteiger partial charge in [0.25, 0.3) is 0 Å². The van der Waals surface area contributed by atoms with E-state index < -0.39 is 43.6 Å². The molecule has 0 radical (unpaired) electrons. The third kappa shape index (κ3) is 6.62. The van der Waals surface area contributed by atoms with Gasteiger partial charge in [0.2, 0.25) is 0 Å². The Morgan fingerprint density at radius 2 is 0.730 bits per heavy atom. The first-order chi connectivity index (χ1) is 17.7. The lowest BCUT2D eigenvalue weighted by molar-refractivity contribution is 0.583. The lowest BCUT2D eigenvalue weighted by Crippen LogP contribution is -2.19. The van der Waals surface area contributed by atoms with Crippen LogP contribution in [-0.2, 0) is 9.84 Å². The number of benzene rings is 4. The van der Waals surface area contributed by atoms with Gasteiger partial charge in [-0.1, -0.05) is 72.8 Å². The van der Waals surface area contributed by atoms with Gasteiger partial charge in [-0.3, -0.25) is 0 Å². The van der Waals surface area contributed by atoms with Gasteiger partial charge in [-0.2, -0.15) is 0 Å². The third-order valence-corrected chi connectivity index (χ3v) is 8.05. The number of halogens is 4. The molecule has 4 rings (SSSR count). The smallest absolute Gasteiger partial charge is 0.171 e. The molecule has 2 nitrogen and oxygen atoms in total. The fraction of sp³-hybridized carbons (Fsp3) is 0.0667. The molecule has 0 aliphatic carbocycles. The molecule has 0 fully saturated rings. The van der Waals surface area contributed by atoms with Crippen molar-refractivity contribution in [2.24, 2.45) is 0 Å². The summed E-state index contributed by atoms with van der Waals surface area (Å²) in [5, 5.41) is -2.43. The average molecular weight is 523 g/mol. The van der Waals surface area contributed by atoms with Gasteiger partial charge in [0.15, 0.2) is 9.84 Å². The topological polar surface area (TPSA) is 34.1 Å². The predicted molar refractivity (Wildman–Crippen MR) is 138 cm³/mol. The SMILES string of the molecule is O=S(=O)(C(C=Cc1ccc(F)cc1)c1ccc(F)cc1)C(C=Cc1ccc(F)cc1)c1ccc(F)cc1. The summed E-state index contributed by atoms with van der Waals surface area (Å²) in [5.74, 6) is -1.90. The zero-order chi connectivity index (χ0) is 26.4. The standard InChI is InChI=1S/C30H22F4O2S/c31-25-11-1-21(2-12-25)5-19-29(23-7-15-27(33)16-8-23)37(35,36)30(24-9-17-28(34)18-10-24)20-6-22-3-13-26(32)14-4-22/h1-20,29-30H. The predicted octanol–water partition coefficient (Wildman–Crippen LogP) is 7.87. The Balaban J connectivity index is 1.81. The zero-order valence-electron chi connectivity index (χ0n) is 19.4. The molecule has 0 saturated carbocycles. The van der Waals surface area contributed by atoms with E-state index in [9.17, 15) is 26.0 Å². The van der Waals surface area contributed by atoms with Crippen LogP contribution in [0.3, 0.4) is 0 Å². The highest BCUT2D eigenvalue weighted by Gasteiger charge is 2.33. The second kappa shape index (κ2) is 11.4. The minimum atomic E-state index is -4.12. The summed E-state index contributed by atoms with van der Waals surface area (Å²) < 4.78 is 82.3. The number of hydrogen-bond acceptors (Lipinski definition) is 2. The maximum absolute atomic E-state index is 14.1. The number of hydrogen-bond donors (Lipinski definition) is 0. The Labute approximate surface area is 213 Å². The van der Waals surface area contributed by atoms with Gasteiger partial charge < -0.3 is 0 Å². The second-order valence-corrected chi connectivity index (χ2v) is 10.5. The van der Waals surface area contributed by atoms with E-state index in [1.165, 1.54) is 109 Å². The molecule has 188 valence electrons. The molecule has 0 spiro atoms. The number of sulfone groups is 1. The van der Waals surface area contributed by atoms with Crippen LogP contribution in [0.4, 0.5) is 17.6 Å². The Morgan fingerprint density at radius 1 is 0.459 bits per heavy atom. The van der Waals surface area contributed by atoms with Gasteiger partial charge in [-0.25, -0.2) is 26.0 Å². The fourth-order valence-electron chi connectivity index (χ4n) is 3.83. The van der Waals surface area contributed by atoms with E-state index in [0.717, 1.165) is 0 Å². The van der Waals surface area contributed by atoms with Crippen LogP contribution in [0, 0.1) is 23.3 Å². The van der Waals surface area contributed by atoms with E-state index in [1.807, 2.05) is 0 Å². The second-order valence-electron chi connectivity index (χ2n) is 8.35. The molecule has 0 aliphatic rings. The largest absolute Gasteiger partial charge is 0.227 e. The van der Waals surface area contributed by atoms with Crippen LogP contribution in [0.5, 0.6) is 0 Å². The molecular weight excluding hydrogens is 500 g/mol. The quantitative estimate of drug-likeness (QED) is 0.221. The van der Waals surface area contributed by atoms with Crippen LogP contribution < -0.4 is 0 Å². The maximum Gasteiger partial charge on any atom is 0.171 e. The third-order valence-electron chi connectivity index (χ3n) is 5.77. The van der Waals surface area contributed by atoms with Crippen LogP contribution in [0.2, 0.25) is 0 Å². The molecule has 4 aromatic carbocycles. The Morgan fingerprint density at radius 3 is 1.03 bits per heavy atom. The van der Waals surface area contributed by atoms with E-state index in [0.29, 0.717) is 22.3 Å². The summed E-state index contributed by atoms with van der Waals surface area (Å²) in [7, 11) is -4.12. The van der Waals surface area contributed by atoms with Crippen LogP contribution in [0.1, 0.15) is 32.8 Å². The molecule has 4 aromatic rings.